The van der Waals surface area contributed by atoms with Crippen LogP contribution in [-0.4, -0.2) is 33.5 Å². The van der Waals surface area contributed by atoms with E-state index in [9.17, 15) is 4.79 Å². The van der Waals surface area contributed by atoms with E-state index in [2.05, 4.69) is 34.4 Å². The van der Waals surface area contributed by atoms with Crippen LogP contribution in [0.3, 0.4) is 0 Å². The lowest BCUT2D eigenvalue weighted by Crippen LogP contribution is -2.35. The van der Waals surface area contributed by atoms with Crippen LogP contribution >= 0.6 is 0 Å². The molecule has 0 aromatic carbocycles. The van der Waals surface area contributed by atoms with Crippen LogP contribution in [0.4, 0.5) is 5.95 Å². The summed E-state index contributed by atoms with van der Waals surface area (Å²) in [4.78, 5) is 20.5. The summed E-state index contributed by atoms with van der Waals surface area (Å²) >= 11 is 0. The number of hydrogen-bond donors (Lipinski definition) is 2. The van der Waals surface area contributed by atoms with Crippen molar-refractivity contribution in [2.24, 2.45) is 5.92 Å². The van der Waals surface area contributed by atoms with Crippen LogP contribution in [0.2, 0.25) is 0 Å². The Kier molecular flexibility index (Phi) is 5.94. The number of nitrogens with zero attached hydrogens (tertiary/aromatic N) is 3. The highest BCUT2D eigenvalue weighted by Crippen LogP contribution is 2.17. The van der Waals surface area contributed by atoms with Crippen LogP contribution < -0.4 is 10.6 Å². The fourth-order valence-electron chi connectivity index (χ4n) is 2.23. The number of amides is 1. The van der Waals surface area contributed by atoms with Gasteiger partial charge in [-0.3, -0.25) is 4.79 Å². The highest BCUT2D eigenvalue weighted by molar-refractivity contribution is 5.80. The summed E-state index contributed by atoms with van der Waals surface area (Å²) in [6, 6.07) is 5.48. The molecule has 1 atom stereocenters. The van der Waals surface area contributed by atoms with Crippen LogP contribution in [0.25, 0.3) is 0 Å². The van der Waals surface area contributed by atoms with Gasteiger partial charge in [-0.25, -0.2) is 9.97 Å². The lowest BCUT2D eigenvalue weighted by atomic mass is 10.0. The van der Waals surface area contributed by atoms with Gasteiger partial charge in [-0.1, -0.05) is 13.8 Å². The number of hydrogen-bond acceptors (Lipinski definition) is 4. The zero-order valence-corrected chi connectivity index (χ0v) is 13.1. The number of nitrogens with one attached hydrogen (secondary N) is 2. The number of rotatable bonds is 8. The zero-order chi connectivity index (χ0) is 15.8. The SMILES string of the molecule is CC(C)C[C@H](C(=O)NCCNc1ncccn1)n1cccc1. The van der Waals surface area contributed by atoms with Crippen molar-refractivity contribution in [2.75, 3.05) is 18.4 Å². The van der Waals surface area contributed by atoms with E-state index in [1.165, 1.54) is 0 Å². The van der Waals surface area contributed by atoms with Crippen molar-refractivity contribution < 1.29 is 4.79 Å². The molecule has 1 amide bonds. The van der Waals surface area contributed by atoms with Crippen molar-refractivity contribution >= 4 is 11.9 Å². The molecule has 2 aromatic rings. The number of aromatic nitrogens is 3. The first-order valence-corrected chi connectivity index (χ1v) is 7.58. The smallest absolute Gasteiger partial charge is 0.243 e. The molecule has 0 spiro atoms. The van der Waals surface area contributed by atoms with Crippen LogP contribution in [-0.2, 0) is 4.79 Å². The van der Waals surface area contributed by atoms with Crippen molar-refractivity contribution in [1.82, 2.24) is 19.9 Å². The van der Waals surface area contributed by atoms with Crippen LogP contribution in [0, 0.1) is 5.92 Å². The third-order valence-electron chi connectivity index (χ3n) is 3.26. The molecule has 6 heteroatoms. The van der Waals surface area contributed by atoms with E-state index < -0.39 is 0 Å². The molecule has 2 aromatic heterocycles. The molecule has 2 rings (SSSR count). The first-order valence-electron chi connectivity index (χ1n) is 7.58. The molecule has 0 unspecified atom stereocenters. The van der Waals surface area contributed by atoms with Gasteiger partial charge in [-0.2, -0.15) is 0 Å². The Hall–Kier alpha value is -2.37. The number of anilines is 1. The van der Waals surface area contributed by atoms with E-state index >= 15 is 0 Å². The standard InChI is InChI=1S/C16H23N5O/c1-13(2)12-14(21-10-3-4-11-21)15(22)17-8-9-20-16-18-6-5-7-19-16/h3-7,10-11,13-14H,8-9,12H2,1-2H3,(H,17,22)(H,18,19,20)/t14-/m1/s1. The first-order chi connectivity index (χ1) is 10.7. The molecule has 0 bridgehead atoms. The molecule has 6 nitrogen and oxygen atoms in total. The second-order valence-corrected chi connectivity index (χ2v) is 5.57. The zero-order valence-electron chi connectivity index (χ0n) is 13.1. The predicted molar refractivity (Wildman–Crippen MR) is 86.5 cm³/mol. The quantitative estimate of drug-likeness (QED) is 0.732. The molecule has 22 heavy (non-hydrogen) atoms. The Bertz CT molecular complexity index is 553. The average Bonchev–Trinajstić information content (AvgIpc) is 3.04. The summed E-state index contributed by atoms with van der Waals surface area (Å²) in [6.45, 7) is 5.37. The van der Waals surface area contributed by atoms with Gasteiger partial charge in [0.25, 0.3) is 0 Å². The van der Waals surface area contributed by atoms with Gasteiger partial charge in [-0.15, -0.1) is 0 Å². The van der Waals surface area contributed by atoms with Gasteiger partial charge in [-0.05, 0) is 30.5 Å². The van der Waals surface area contributed by atoms with E-state index in [1.54, 1.807) is 18.5 Å². The summed E-state index contributed by atoms with van der Waals surface area (Å²) < 4.78 is 1.96. The molecular formula is C16H23N5O. The maximum atomic E-state index is 12.4. The molecule has 0 aliphatic heterocycles. The highest BCUT2D eigenvalue weighted by Gasteiger charge is 2.20. The second-order valence-electron chi connectivity index (χ2n) is 5.57. The summed E-state index contributed by atoms with van der Waals surface area (Å²) in [5.74, 6) is 1.07. The highest BCUT2D eigenvalue weighted by atomic mass is 16.2. The lowest BCUT2D eigenvalue weighted by molar-refractivity contribution is -0.124. The minimum Gasteiger partial charge on any atom is -0.353 e. The Morgan fingerprint density at radius 3 is 2.45 bits per heavy atom. The van der Waals surface area contributed by atoms with Crippen molar-refractivity contribution in [3.8, 4) is 0 Å². The number of carbonyl (C=O) groups is 1. The number of carbonyl (C=O) groups excluding carboxylic acids is 1. The van der Waals surface area contributed by atoms with Gasteiger partial charge >= 0.3 is 0 Å². The average molecular weight is 301 g/mol. The molecule has 0 fully saturated rings. The van der Waals surface area contributed by atoms with Crippen molar-refractivity contribution in [1.29, 1.82) is 0 Å². The lowest BCUT2D eigenvalue weighted by Gasteiger charge is -2.20. The van der Waals surface area contributed by atoms with Crippen LogP contribution in [0.5, 0.6) is 0 Å². The molecule has 2 N–H and O–H groups in total. The maximum absolute atomic E-state index is 12.4. The summed E-state index contributed by atoms with van der Waals surface area (Å²) in [5.41, 5.74) is 0. The van der Waals surface area contributed by atoms with Crippen LogP contribution in [0.1, 0.15) is 26.3 Å². The predicted octanol–water partition coefficient (Wildman–Crippen LogP) is 2.09. The van der Waals surface area contributed by atoms with Gasteiger partial charge in [0.1, 0.15) is 6.04 Å². The van der Waals surface area contributed by atoms with E-state index in [0.717, 1.165) is 6.42 Å². The molecule has 118 valence electrons. The molecular weight excluding hydrogens is 278 g/mol. The summed E-state index contributed by atoms with van der Waals surface area (Å²) in [6.07, 6.45) is 8.04. The Morgan fingerprint density at radius 2 is 1.82 bits per heavy atom. The van der Waals surface area contributed by atoms with Crippen molar-refractivity contribution in [2.45, 2.75) is 26.3 Å². The fourth-order valence-corrected chi connectivity index (χ4v) is 2.23. The molecule has 2 heterocycles. The minimum absolute atomic E-state index is 0.0423. The summed E-state index contributed by atoms with van der Waals surface area (Å²) in [5, 5.41) is 6.04. The third kappa shape index (κ3) is 4.87. The van der Waals surface area contributed by atoms with Gasteiger partial charge in [0.15, 0.2) is 0 Å². The van der Waals surface area contributed by atoms with Gasteiger partial charge in [0, 0.05) is 37.9 Å². The Labute approximate surface area is 131 Å². The molecule has 0 radical (unpaired) electrons. The second kappa shape index (κ2) is 8.17. The molecule has 0 saturated carbocycles. The van der Waals surface area contributed by atoms with Crippen molar-refractivity contribution in [3.05, 3.63) is 43.0 Å². The molecule has 0 saturated heterocycles. The minimum atomic E-state index is -0.164. The third-order valence-corrected chi connectivity index (χ3v) is 3.26. The monoisotopic (exact) mass is 301 g/mol. The normalized spacial score (nSPS) is 12.1. The van der Waals surface area contributed by atoms with Gasteiger partial charge < -0.3 is 15.2 Å². The molecule has 0 aliphatic carbocycles. The van der Waals surface area contributed by atoms with Gasteiger partial charge in [0.2, 0.25) is 11.9 Å². The van der Waals surface area contributed by atoms with Gasteiger partial charge in [0.05, 0.1) is 0 Å². The summed E-state index contributed by atoms with van der Waals surface area (Å²) in [7, 11) is 0. The Morgan fingerprint density at radius 1 is 1.14 bits per heavy atom. The van der Waals surface area contributed by atoms with E-state index in [1.807, 2.05) is 29.1 Å². The fraction of sp³-hybridized carbons (Fsp3) is 0.438. The van der Waals surface area contributed by atoms with Crippen LogP contribution in [0.15, 0.2) is 43.0 Å². The van der Waals surface area contributed by atoms with E-state index in [0.29, 0.717) is 25.0 Å². The maximum Gasteiger partial charge on any atom is 0.243 e. The topological polar surface area (TPSA) is 71.8 Å². The Balaban J connectivity index is 1.81. The van der Waals surface area contributed by atoms with E-state index in [-0.39, 0.29) is 11.9 Å². The largest absolute Gasteiger partial charge is 0.353 e. The van der Waals surface area contributed by atoms with E-state index in [4.69, 9.17) is 0 Å². The van der Waals surface area contributed by atoms with Crippen molar-refractivity contribution in [3.63, 3.8) is 0 Å². The first kappa shape index (κ1) is 16.0. The molecule has 0 aliphatic rings.